The molecule has 5 nitrogen and oxygen atoms in total. The number of ether oxygens (including phenoxy) is 1. The largest absolute Gasteiger partial charge is 0.477 e. The number of aryl methyl sites for hydroxylation is 2. The van der Waals surface area contributed by atoms with Crippen LogP contribution in [-0.4, -0.2) is 39.4 Å². The number of hydrogen-bond acceptors (Lipinski definition) is 4. The third-order valence-corrected chi connectivity index (χ3v) is 5.76. The summed E-state index contributed by atoms with van der Waals surface area (Å²) in [6.07, 6.45) is 0.919. The van der Waals surface area contributed by atoms with Gasteiger partial charge in [-0.2, -0.15) is 18.3 Å². The van der Waals surface area contributed by atoms with Crippen LogP contribution in [0.5, 0.6) is 5.88 Å². The van der Waals surface area contributed by atoms with Gasteiger partial charge in [-0.15, -0.1) is 0 Å². The number of hydrogen-bond donors (Lipinski definition) is 0. The molecule has 1 aliphatic heterocycles. The molecule has 2 aromatic heterocycles. The van der Waals surface area contributed by atoms with E-state index in [4.69, 9.17) is 4.74 Å². The number of pyridine rings is 1. The maximum absolute atomic E-state index is 12.7. The van der Waals surface area contributed by atoms with Crippen LogP contribution in [0.4, 0.5) is 13.2 Å². The van der Waals surface area contributed by atoms with Crippen LogP contribution in [0.15, 0.2) is 18.2 Å². The molecular formula is C20H25F3N4O. The van der Waals surface area contributed by atoms with Crippen molar-refractivity contribution >= 4 is 0 Å². The zero-order chi connectivity index (χ0) is 19.7. The fourth-order valence-electron chi connectivity index (χ4n) is 4.16. The highest BCUT2D eigenvalue weighted by molar-refractivity contribution is 5.30. The number of nitrogens with zero attached hydrogens (tertiary/aromatic N) is 4. The van der Waals surface area contributed by atoms with Gasteiger partial charge in [0.05, 0.1) is 18.0 Å². The standard InChI is InChI=1S/C20H25F3N4O/c1-26-17(15-4-2-5-16(15)25-26)12-27-10-8-14(9-11-27)13-28-19-7-3-6-18(24-19)20(21,22)23/h3,6-7,14H,2,4-5,8-13H2,1H3. The number of fused-ring (bicyclic) bond motifs is 1. The van der Waals surface area contributed by atoms with Crippen molar-refractivity contribution in [3.63, 3.8) is 0 Å². The van der Waals surface area contributed by atoms with Gasteiger partial charge < -0.3 is 4.74 Å². The van der Waals surface area contributed by atoms with Crippen molar-refractivity contribution in [1.29, 1.82) is 0 Å². The molecule has 1 aliphatic carbocycles. The van der Waals surface area contributed by atoms with Gasteiger partial charge in [0.1, 0.15) is 5.69 Å². The summed E-state index contributed by atoms with van der Waals surface area (Å²) in [5.41, 5.74) is 3.11. The molecule has 8 heteroatoms. The molecule has 4 rings (SSSR count). The minimum atomic E-state index is -4.45. The summed E-state index contributed by atoms with van der Waals surface area (Å²) < 4.78 is 45.8. The van der Waals surface area contributed by atoms with Crippen LogP contribution in [0, 0.1) is 5.92 Å². The molecule has 0 aromatic carbocycles. The normalized spacial score (nSPS) is 18.4. The van der Waals surface area contributed by atoms with Crippen LogP contribution in [0.2, 0.25) is 0 Å². The maximum Gasteiger partial charge on any atom is 0.433 e. The molecule has 0 amide bonds. The monoisotopic (exact) mass is 394 g/mol. The minimum Gasteiger partial charge on any atom is -0.477 e. The Morgan fingerprint density at radius 2 is 1.96 bits per heavy atom. The molecule has 0 saturated carbocycles. The van der Waals surface area contributed by atoms with Crippen LogP contribution >= 0.6 is 0 Å². The topological polar surface area (TPSA) is 43.2 Å². The third-order valence-electron chi connectivity index (χ3n) is 5.76. The van der Waals surface area contributed by atoms with Crippen molar-refractivity contribution in [2.24, 2.45) is 13.0 Å². The average molecular weight is 394 g/mol. The fraction of sp³-hybridized carbons (Fsp3) is 0.600. The van der Waals surface area contributed by atoms with E-state index in [1.807, 2.05) is 11.7 Å². The van der Waals surface area contributed by atoms with Gasteiger partial charge in [0.2, 0.25) is 5.88 Å². The summed E-state index contributed by atoms with van der Waals surface area (Å²) in [7, 11) is 2.02. The van der Waals surface area contributed by atoms with Gasteiger partial charge >= 0.3 is 6.18 Å². The Morgan fingerprint density at radius 1 is 1.18 bits per heavy atom. The van der Waals surface area contributed by atoms with Crippen LogP contribution in [0.3, 0.4) is 0 Å². The smallest absolute Gasteiger partial charge is 0.433 e. The average Bonchev–Trinajstić information content (AvgIpc) is 3.23. The number of halogens is 3. The van der Waals surface area contributed by atoms with E-state index >= 15 is 0 Å². The van der Waals surface area contributed by atoms with E-state index in [0.29, 0.717) is 12.5 Å². The molecule has 0 bridgehead atoms. The number of alkyl halides is 3. The summed E-state index contributed by atoms with van der Waals surface area (Å²) in [5.74, 6) is 0.382. The van der Waals surface area contributed by atoms with Gasteiger partial charge in [-0.1, -0.05) is 6.07 Å². The van der Waals surface area contributed by atoms with E-state index in [9.17, 15) is 13.2 Å². The number of piperidine rings is 1. The van der Waals surface area contributed by atoms with E-state index in [2.05, 4.69) is 15.0 Å². The van der Waals surface area contributed by atoms with Gasteiger partial charge in [-0.05, 0) is 62.7 Å². The van der Waals surface area contributed by atoms with E-state index in [-0.39, 0.29) is 5.88 Å². The lowest BCUT2D eigenvalue weighted by Crippen LogP contribution is -2.35. The van der Waals surface area contributed by atoms with E-state index in [1.54, 1.807) is 0 Å². The second-order valence-electron chi connectivity index (χ2n) is 7.74. The highest BCUT2D eigenvalue weighted by Crippen LogP contribution is 2.29. The Balaban J connectivity index is 1.27. The molecule has 2 aromatic rings. The van der Waals surface area contributed by atoms with E-state index in [1.165, 1.54) is 35.5 Å². The third kappa shape index (κ3) is 4.16. The lowest BCUT2D eigenvalue weighted by atomic mass is 9.97. The van der Waals surface area contributed by atoms with Crippen LogP contribution < -0.4 is 4.74 Å². The first-order valence-electron chi connectivity index (χ1n) is 9.83. The molecule has 28 heavy (non-hydrogen) atoms. The Morgan fingerprint density at radius 3 is 2.71 bits per heavy atom. The second kappa shape index (κ2) is 7.73. The summed E-state index contributed by atoms with van der Waals surface area (Å²) in [4.78, 5) is 6.01. The number of rotatable bonds is 5. The summed E-state index contributed by atoms with van der Waals surface area (Å²) in [6, 6.07) is 3.77. The molecule has 2 aliphatic rings. The van der Waals surface area contributed by atoms with Crippen molar-refractivity contribution in [3.8, 4) is 5.88 Å². The molecule has 0 radical (unpaired) electrons. The van der Waals surface area contributed by atoms with Gasteiger partial charge in [0.25, 0.3) is 0 Å². The molecule has 1 fully saturated rings. The molecule has 1 saturated heterocycles. The number of likely N-dealkylation sites (tertiary alicyclic amines) is 1. The van der Waals surface area contributed by atoms with Gasteiger partial charge in [-0.3, -0.25) is 9.58 Å². The molecule has 0 atom stereocenters. The summed E-state index contributed by atoms with van der Waals surface area (Å²) in [6.45, 7) is 3.25. The first-order valence-corrected chi connectivity index (χ1v) is 9.83. The Hall–Kier alpha value is -2.09. The second-order valence-corrected chi connectivity index (χ2v) is 7.74. The lowest BCUT2D eigenvalue weighted by Gasteiger charge is -2.31. The summed E-state index contributed by atoms with van der Waals surface area (Å²) in [5, 5.41) is 4.64. The molecule has 0 unspecified atom stereocenters. The molecule has 152 valence electrons. The molecule has 0 N–H and O–H groups in total. The van der Waals surface area contributed by atoms with Crippen LogP contribution in [0.25, 0.3) is 0 Å². The van der Waals surface area contributed by atoms with Gasteiger partial charge in [0.15, 0.2) is 0 Å². The van der Waals surface area contributed by atoms with Gasteiger partial charge in [-0.25, -0.2) is 4.98 Å². The zero-order valence-corrected chi connectivity index (χ0v) is 16.0. The van der Waals surface area contributed by atoms with Crippen molar-refractivity contribution in [3.05, 3.63) is 40.8 Å². The fourth-order valence-corrected chi connectivity index (χ4v) is 4.16. The van der Waals surface area contributed by atoms with Crippen molar-refractivity contribution in [1.82, 2.24) is 19.7 Å². The molecular weight excluding hydrogens is 369 g/mol. The molecule has 3 heterocycles. The van der Waals surface area contributed by atoms with Gasteiger partial charge in [0, 0.05) is 19.7 Å². The maximum atomic E-state index is 12.7. The van der Waals surface area contributed by atoms with Crippen molar-refractivity contribution < 1.29 is 17.9 Å². The zero-order valence-electron chi connectivity index (χ0n) is 16.0. The molecule has 0 spiro atoms. The number of aromatic nitrogens is 3. The Labute approximate surface area is 162 Å². The first kappa shape index (κ1) is 19.2. The van der Waals surface area contributed by atoms with Crippen LogP contribution in [0.1, 0.15) is 41.9 Å². The predicted molar refractivity (Wildman–Crippen MR) is 98.0 cm³/mol. The highest BCUT2D eigenvalue weighted by Gasteiger charge is 2.32. The highest BCUT2D eigenvalue weighted by atomic mass is 19.4. The lowest BCUT2D eigenvalue weighted by molar-refractivity contribution is -0.141. The minimum absolute atomic E-state index is 0.0442. The van der Waals surface area contributed by atoms with Crippen molar-refractivity contribution in [2.45, 2.75) is 44.8 Å². The first-order chi connectivity index (χ1) is 13.4. The Kier molecular flexibility index (Phi) is 5.31. The Bertz CT molecular complexity index is 825. The SMILES string of the molecule is Cn1nc2c(c1CN1CCC(COc3cccc(C(F)(F)F)n3)CC1)CCC2. The predicted octanol–water partition coefficient (Wildman–Crippen LogP) is 3.61. The van der Waals surface area contributed by atoms with Crippen LogP contribution in [-0.2, 0) is 32.6 Å². The van der Waals surface area contributed by atoms with E-state index < -0.39 is 11.9 Å². The van der Waals surface area contributed by atoms with E-state index in [0.717, 1.165) is 51.4 Å². The summed E-state index contributed by atoms with van der Waals surface area (Å²) >= 11 is 0. The van der Waals surface area contributed by atoms with Crippen molar-refractivity contribution in [2.75, 3.05) is 19.7 Å². The quantitative estimate of drug-likeness (QED) is 0.777.